The number of carbonyl (C=O) groups excluding carboxylic acids is 1. The summed E-state index contributed by atoms with van der Waals surface area (Å²) in [5.74, 6) is -0.709. The number of hydrogen-bond donors (Lipinski definition) is 1. The lowest BCUT2D eigenvalue weighted by atomic mass is 10.1. The number of hydrogen-bond acceptors (Lipinski definition) is 4. The Morgan fingerprint density at radius 1 is 1.48 bits per heavy atom. The lowest BCUT2D eigenvalue weighted by Crippen LogP contribution is -2.35. The number of aromatic nitrogens is 1. The normalized spacial score (nSPS) is 18.2. The van der Waals surface area contributed by atoms with Gasteiger partial charge in [-0.05, 0) is 25.8 Å². The second-order valence-electron chi connectivity index (χ2n) is 5.01. The molecule has 6 heteroatoms. The Hall–Kier alpha value is -1.79. The zero-order chi connectivity index (χ0) is 15.0. The van der Waals surface area contributed by atoms with Crippen LogP contribution in [0.1, 0.15) is 28.3 Å². The van der Waals surface area contributed by atoms with Crippen LogP contribution in [0.15, 0.2) is 24.3 Å². The van der Waals surface area contributed by atoms with Gasteiger partial charge < -0.3 is 10.0 Å². The van der Waals surface area contributed by atoms with Gasteiger partial charge >= 0.3 is 0 Å². The van der Waals surface area contributed by atoms with E-state index in [1.54, 1.807) is 25.1 Å². The number of nitrogens with zero attached hydrogens (tertiary/aromatic N) is 2. The van der Waals surface area contributed by atoms with Crippen molar-refractivity contribution in [3.8, 4) is 10.4 Å². The molecule has 1 atom stereocenters. The van der Waals surface area contributed by atoms with Crippen molar-refractivity contribution in [3.63, 3.8) is 0 Å². The molecule has 4 nitrogen and oxygen atoms in total. The highest BCUT2D eigenvalue weighted by Crippen LogP contribution is 2.33. The quantitative estimate of drug-likeness (QED) is 0.928. The third kappa shape index (κ3) is 2.56. The van der Waals surface area contributed by atoms with Crippen molar-refractivity contribution in [2.24, 2.45) is 0 Å². The summed E-state index contributed by atoms with van der Waals surface area (Å²) in [5.41, 5.74) is 0.601. The zero-order valence-corrected chi connectivity index (χ0v) is 12.4. The minimum absolute atomic E-state index is 0.226. The molecule has 1 aromatic carbocycles. The smallest absolute Gasteiger partial charge is 0.276 e. The fourth-order valence-corrected chi connectivity index (χ4v) is 3.46. The van der Waals surface area contributed by atoms with E-state index in [2.05, 4.69) is 4.98 Å². The van der Waals surface area contributed by atoms with Crippen LogP contribution in [0.2, 0.25) is 0 Å². The Morgan fingerprint density at radius 2 is 2.24 bits per heavy atom. The molecule has 0 spiro atoms. The highest BCUT2D eigenvalue weighted by molar-refractivity contribution is 7.15. The first-order chi connectivity index (χ1) is 10.1. The zero-order valence-electron chi connectivity index (χ0n) is 11.5. The van der Waals surface area contributed by atoms with Crippen molar-refractivity contribution in [3.05, 3.63) is 40.8 Å². The van der Waals surface area contributed by atoms with Crippen LogP contribution in [-0.4, -0.2) is 33.7 Å². The first kappa shape index (κ1) is 14.2. The number of aryl methyl sites for hydroxylation is 1. The number of likely N-dealkylation sites (tertiary alicyclic amines) is 1. The van der Waals surface area contributed by atoms with Gasteiger partial charge in [-0.1, -0.05) is 18.2 Å². The summed E-state index contributed by atoms with van der Waals surface area (Å²) in [4.78, 5) is 18.7. The highest BCUT2D eigenvalue weighted by atomic mass is 32.1. The van der Waals surface area contributed by atoms with E-state index in [4.69, 9.17) is 0 Å². The van der Waals surface area contributed by atoms with Crippen LogP contribution < -0.4 is 0 Å². The first-order valence-corrected chi connectivity index (χ1v) is 7.61. The molecule has 21 heavy (non-hydrogen) atoms. The van der Waals surface area contributed by atoms with Crippen LogP contribution in [-0.2, 0) is 0 Å². The average Bonchev–Trinajstić information content (AvgIpc) is 3.05. The molecule has 110 valence electrons. The summed E-state index contributed by atoms with van der Waals surface area (Å²) < 4.78 is 14.0. The SMILES string of the molecule is Cc1nc(C(=O)N2CCC[C@H]2O)c(-c2ccccc2F)s1. The van der Waals surface area contributed by atoms with Crippen LogP contribution in [0.5, 0.6) is 0 Å². The molecule has 2 heterocycles. The largest absolute Gasteiger partial charge is 0.374 e. The van der Waals surface area contributed by atoms with Crippen LogP contribution in [0.3, 0.4) is 0 Å². The van der Waals surface area contributed by atoms with Gasteiger partial charge in [0, 0.05) is 12.1 Å². The molecule has 0 radical (unpaired) electrons. The molecular formula is C15H15FN2O2S. The number of benzene rings is 1. The van der Waals surface area contributed by atoms with E-state index in [0.717, 1.165) is 6.42 Å². The van der Waals surface area contributed by atoms with Crippen LogP contribution in [0.4, 0.5) is 4.39 Å². The van der Waals surface area contributed by atoms with Gasteiger partial charge in [0.05, 0.1) is 9.88 Å². The van der Waals surface area contributed by atoms with Crippen molar-refractivity contribution in [2.45, 2.75) is 26.0 Å². The number of aliphatic hydroxyl groups excluding tert-OH is 1. The third-order valence-electron chi connectivity index (χ3n) is 3.54. The summed E-state index contributed by atoms with van der Waals surface area (Å²) in [6.45, 7) is 2.29. The maximum absolute atomic E-state index is 14.0. The number of halogens is 1. The van der Waals surface area contributed by atoms with Gasteiger partial charge in [0.2, 0.25) is 0 Å². The standard InChI is InChI=1S/C15H15FN2O2S/c1-9-17-13(15(20)18-8-4-7-12(18)19)14(21-9)10-5-2-3-6-11(10)16/h2-3,5-6,12,19H,4,7-8H2,1H3/t12-/m1/s1. The van der Waals surface area contributed by atoms with Crippen molar-refractivity contribution in [1.29, 1.82) is 0 Å². The maximum Gasteiger partial charge on any atom is 0.276 e. The molecular weight excluding hydrogens is 291 g/mol. The lowest BCUT2D eigenvalue weighted by molar-refractivity contribution is 0.0289. The second-order valence-corrected chi connectivity index (χ2v) is 6.22. The van der Waals surface area contributed by atoms with E-state index in [-0.39, 0.29) is 17.4 Å². The van der Waals surface area contributed by atoms with E-state index >= 15 is 0 Å². The molecule has 1 N–H and O–H groups in total. The summed E-state index contributed by atoms with van der Waals surface area (Å²) in [6, 6.07) is 6.34. The van der Waals surface area contributed by atoms with Gasteiger partial charge in [0.1, 0.15) is 17.7 Å². The first-order valence-electron chi connectivity index (χ1n) is 6.79. The van der Waals surface area contributed by atoms with Gasteiger partial charge in [0.25, 0.3) is 5.91 Å². The minimum Gasteiger partial charge on any atom is -0.374 e. The second kappa shape index (κ2) is 5.54. The van der Waals surface area contributed by atoms with Crippen molar-refractivity contribution in [1.82, 2.24) is 9.88 Å². The van der Waals surface area contributed by atoms with E-state index in [0.29, 0.717) is 28.4 Å². The maximum atomic E-state index is 14.0. The fourth-order valence-electron chi connectivity index (χ4n) is 2.52. The van der Waals surface area contributed by atoms with Gasteiger partial charge in [-0.25, -0.2) is 9.37 Å². The topological polar surface area (TPSA) is 53.4 Å². The molecule has 0 unspecified atom stereocenters. The van der Waals surface area contributed by atoms with Gasteiger partial charge in [-0.2, -0.15) is 0 Å². The molecule has 1 aromatic heterocycles. The van der Waals surface area contributed by atoms with Crippen molar-refractivity contribution < 1.29 is 14.3 Å². The fraction of sp³-hybridized carbons (Fsp3) is 0.333. The predicted molar refractivity (Wildman–Crippen MR) is 78.5 cm³/mol. The average molecular weight is 306 g/mol. The summed E-state index contributed by atoms with van der Waals surface area (Å²) in [6.07, 6.45) is 0.572. The summed E-state index contributed by atoms with van der Waals surface area (Å²) >= 11 is 1.29. The number of aliphatic hydroxyl groups is 1. The number of amides is 1. The highest BCUT2D eigenvalue weighted by Gasteiger charge is 2.31. The summed E-state index contributed by atoms with van der Waals surface area (Å²) in [5, 5.41) is 10.5. The van der Waals surface area contributed by atoms with Crippen LogP contribution in [0, 0.1) is 12.7 Å². The third-order valence-corrected chi connectivity index (χ3v) is 4.54. The van der Waals surface area contributed by atoms with Gasteiger partial charge in [0.15, 0.2) is 0 Å². The lowest BCUT2D eigenvalue weighted by Gasteiger charge is -2.19. The van der Waals surface area contributed by atoms with E-state index in [1.807, 2.05) is 0 Å². The Bertz CT molecular complexity index is 686. The molecule has 1 saturated heterocycles. The Balaban J connectivity index is 2.04. The predicted octanol–water partition coefficient (Wildman–Crippen LogP) is 2.81. The van der Waals surface area contributed by atoms with E-state index in [9.17, 15) is 14.3 Å². The van der Waals surface area contributed by atoms with Gasteiger partial charge in [-0.15, -0.1) is 11.3 Å². The Labute approximate surface area is 125 Å². The Kier molecular flexibility index (Phi) is 3.73. The van der Waals surface area contributed by atoms with Crippen molar-refractivity contribution >= 4 is 17.2 Å². The molecule has 1 aliphatic heterocycles. The molecule has 2 aromatic rings. The van der Waals surface area contributed by atoms with E-state index < -0.39 is 6.23 Å². The van der Waals surface area contributed by atoms with Crippen LogP contribution >= 0.6 is 11.3 Å². The number of carbonyl (C=O) groups is 1. The molecule has 0 aliphatic carbocycles. The monoisotopic (exact) mass is 306 g/mol. The molecule has 0 saturated carbocycles. The molecule has 1 aliphatic rings. The van der Waals surface area contributed by atoms with E-state index in [1.165, 1.54) is 22.3 Å². The number of rotatable bonds is 2. The van der Waals surface area contributed by atoms with Crippen LogP contribution in [0.25, 0.3) is 10.4 Å². The molecule has 0 bridgehead atoms. The molecule has 3 rings (SSSR count). The summed E-state index contributed by atoms with van der Waals surface area (Å²) in [7, 11) is 0. The number of thiazole rings is 1. The van der Waals surface area contributed by atoms with Gasteiger partial charge in [-0.3, -0.25) is 4.79 Å². The Morgan fingerprint density at radius 3 is 2.90 bits per heavy atom. The molecule has 1 fully saturated rings. The molecule has 1 amide bonds. The van der Waals surface area contributed by atoms with Crippen molar-refractivity contribution in [2.75, 3.05) is 6.54 Å². The minimum atomic E-state index is -0.770.